The van der Waals surface area contributed by atoms with Crippen molar-refractivity contribution in [2.75, 3.05) is 6.61 Å². The molecule has 10 heteroatoms. The number of carbonyl (C=O) groups excluding carboxylic acids is 3. The number of amides is 3. The van der Waals surface area contributed by atoms with Crippen molar-refractivity contribution in [1.82, 2.24) is 16.0 Å². The Kier molecular flexibility index (Phi) is 11.0. The fraction of sp³-hybridized carbons (Fsp3) is 0.385. The molecule has 194 valence electrons. The first kappa shape index (κ1) is 28.5. The van der Waals surface area contributed by atoms with Crippen LogP contribution in [0, 0.1) is 5.92 Å². The topological polar surface area (TPSA) is 171 Å². The lowest BCUT2D eigenvalue weighted by atomic mass is 10.0. The number of carbonyl (C=O) groups is 4. The van der Waals surface area contributed by atoms with Crippen molar-refractivity contribution in [2.24, 2.45) is 11.7 Å². The predicted octanol–water partition coefficient (Wildman–Crippen LogP) is -0.0136. The number of nitrogens with two attached hydrogens (primary N) is 1. The third kappa shape index (κ3) is 8.79. The van der Waals surface area contributed by atoms with Crippen LogP contribution in [-0.2, 0) is 32.0 Å². The first-order chi connectivity index (χ1) is 17.1. The van der Waals surface area contributed by atoms with Crippen LogP contribution < -0.4 is 21.7 Å². The van der Waals surface area contributed by atoms with Gasteiger partial charge in [0.25, 0.3) is 0 Å². The van der Waals surface area contributed by atoms with Crippen LogP contribution in [-0.4, -0.2) is 64.7 Å². The number of carboxylic acid groups (broad SMARTS) is 1. The highest BCUT2D eigenvalue weighted by Gasteiger charge is 2.31. The number of aliphatic hydroxyl groups is 1. The summed E-state index contributed by atoms with van der Waals surface area (Å²) in [5.41, 5.74) is 7.47. The molecule has 2 rings (SSSR count). The molecule has 0 saturated heterocycles. The van der Waals surface area contributed by atoms with Gasteiger partial charge in [-0.15, -0.1) is 0 Å². The largest absolute Gasteiger partial charge is 0.480 e. The van der Waals surface area contributed by atoms with Gasteiger partial charge in [-0.05, 0) is 17.0 Å². The van der Waals surface area contributed by atoms with E-state index in [-0.39, 0.29) is 18.8 Å². The van der Waals surface area contributed by atoms with Gasteiger partial charge >= 0.3 is 5.97 Å². The minimum absolute atomic E-state index is 0.0632. The third-order valence-electron chi connectivity index (χ3n) is 5.65. The van der Waals surface area contributed by atoms with Crippen LogP contribution in [0.3, 0.4) is 0 Å². The highest BCUT2D eigenvalue weighted by atomic mass is 16.4. The van der Waals surface area contributed by atoms with Crippen molar-refractivity contribution >= 4 is 23.7 Å². The summed E-state index contributed by atoms with van der Waals surface area (Å²) in [6.45, 7) is 2.76. The van der Waals surface area contributed by atoms with Crippen molar-refractivity contribution < 1.29 is 29.4 Å². The number of benzene rings is 2. The zero-order valence-electron chi connectivity index (χ0n) is 20.4. The summed E-state index contributed by atoms with van der Waals surface area (Å²) in [6, 6.07) is 13.3. The summed E-state index contributed by atoms with van der Waals surface area (Å²) >= 11 is 0. The van der Waals surface area contributed by atoms with E-state index in [9.17, 15) is 29.4 Å². The van der Waals surface area contributed by atoms with Crippen molar-refractivity contribution in [1.29, 1.82) is 0 Å². The van der Waals surface area contributed by atoms with E-state index in [2.05, 4.69) is 16.0 Å². The molecule has 2 aromatic carbocycles. The molecule has 10 nitrogen and oxygen atoms in total. The molecular weight excluding hydrogens is 464 g/mol. The zero-order chi connectivity index (χ0) is 26.7. The molecule has 0 bridgehead atoms. The summed E-state index contributed by atoms with van der Waals surface area (Å²) in [6.07, 6.45) is 0.213. The Morgan fingerprint density at radius 1 is 0.722 bits per heavy atom. The molecule has 0 aliphatic rings. The Balaban J connectivity index is 2.28. The van der Waals surface area contributed by atoms with Crippen LogP contribution >= 0.6 is 0 Å². The zero-order valence-corrected chi connectivity index (χ0v) is 20.4. The van der Waals surface area contributed by atoms with E-state index < -0.39 is 54.5 Å². The molecule has 0 radical (unpaired) electrons. The molecule has 0 aliphatic heterocycles. The monoisotopic (exact) mass is 498 g/mol. The highest BCUT2D eigenvalue weighted by Crippen LogP contribution is 2.08. The van der Waals surface area contributed by atoms with E-state index in [0.717, 1.165) is 11.1 Å². The molecule has 0 aromatic heterocycles. The molecule has 0 fully saturated rings. The minimum Gasteiger partial charge on any atom is -0.480 e. The molecule has 7 N–H and O–H groups in total. The molecule has 4 unspecified atom stereocenters. The van der Waals surface area contributed by atoms with Crippen LogP contribution in [0.5, 0.6) is 0 Å². The van der Waals surface area contributed by atoms with E-state index >= 15 is 0 Å². The van der Waals surface area contributed by atoms with Gasteiger partial charge in [0.1, 0.15) is 18.1 Å². The first-order valence-electron chi connectivity index (χ1n) is 11.7. The van der Waals surface area contributed by atoms with E-state index in [4.69, 9.17) is 5.73 Å². The number of aliphatic hydroxyl groups excluding tert-OH is 1. The van der Waals surface area contributed by atoms with Crippen LogP contribution in [0.2, 0.25) is 0 Å². The standard InChI is InChI=1S/C26H34N4O6/c1-16(2)22(27)25(34)29-20(14-18-11-7-4-8-12-18)23(32)28-19(13-17-9-5-3-6-10-17)24(33)30-21(15-31)26(35)36/h3-12,16,19-22,31H,13-15,27H2,1-2H3,(H,28,32)(H,29,34)(H,30,33)(H,35,36). The number of hydrogen-bond acceptors (Lipinski definition) is 6. The molecule has 3 amide bonds. The maximum Gasteiger partial charge on any atom is 0.328 e. The van der Waals surface area contributed by atoms with Gasteiger partial charge in [-0.1, -0.05) is 74.5 Å². The normalized spacial score (nSPS) is 14.2. The molecule has 36 heavy (non-hydrogen) atoms. The second-order valence-electron chi connectivity index (χ2n) is 8.85. The summed E-state index contributed by atoms with van der Waals surface area (Å²) in [5, 5.41) is 26.1. The smallest absolute Gasteiger partial charge is 0.328 e. The maximum absolute atomic E-state index is 13.4. The van der Waals surface area contributed by atoms with Crippen molar-refractivity contribution in [2.45, 2.75) is 50.9 Å². The van der Waals surface area contributed by atoms with E-state index in [1.165, 1.54) is 0 Å². The number of nitrogens with one attached hydrogen (secondary N) is 3. The number of rotatable bonds is 13. The summed E-state index contributed by atoms with van der Waals surface area (Å²) < 4.78 is 0. The molecular formula is C26H34N4O6. The molecule has 2 aromatic rings. The number of carboxylic acids is 1. The Labute approximate surface area is 210 Å². The van der Waals surface area contributed by atoms with E-state index in [1.54, 1.807) is 56.3 Å². The Bertz CT molecular complexity index is 1020. The molecule has 0 saturated carbocycles. The summed E-state index contributed by atoms with van der Waals surface area (Å²) in [4.78, 5) is 50.3. The highest BCUT2D eigenvalue weighted by molar-refractivity contribution is 5.94. The van der Waals surface area contributed by atoms with Crippen molar-refractivity contribution in [3.8, 4) is 0 Å². The van der Waals surface area contributed by atoms with Crippen LogP contribution in [0.25, 0.3) is 0 Å². The lowest BCUT2D eigenvalue weighted by molar-refractivity contribution is -0.143. The van der Waals surface area contributed by atoms with Crippen molar-refractivity contribution in [3.63, 3.8) is 0 Å². The third-order valence-corrected chi connectivity index (χ3v) is 5.65. The van der Waals surface area contributed by atoms with Gasteiger partial charge in [-0.25, -0.2) is 4.79 Å². The Hall–Kier alpha value is -3.76. The average Bonchev–Trinajstić information content (AvgIpc) is 2.86. The number of aliphatic carboxylic acids is 1. The fourth-order valence-corrected chi connectivity index (χ4v) is 3.42. The molecule has 0 spiro atoms. The van der Waals surface area contributed by atoms with Gasteiger partial charge in [-0.3, -0.25) is 14.4 Å². The number of hydrogen-bond donors (Lipinski definition) is 6. The van der Waals surface area contributed by atoms with Crippen molar-refractivity contribution in [3.05, 3.63) is 71.8 Å². The average molecular weight is 499 g/mol. The van der Waals surface area contributed by atoms with Crippen LogP contribution in [0.15, 0.2) is 60.7 Å². The van der Waals surface area contributed by atoms with Gasteiger partial charge in [0.15, 0.2) is 0 Å². The first-order valence-corrected chi connectivity index (χ1v) is 11.7. The van der Waals surface area contributed by atoms with Gasteiger partial charge in [0.05, 0.1) is 12.6 Å². The van der Waals surface area contributed by atoms with Crippen LogP contribution in [0.1, 0.15) is 25.0 Å². The SMILES string of the molecule is CC(C)C(N)C(=O)NC(Cc1ccccc1)C(=O)NC(Cc1ccccc1)C(=O)NC(CO)C(=O)O. The Morgan fingerprint density at radius 3 is 1.47 bits per heavy atom. The van der Waals surface area contributed by atoms with E-state index in [1.807, 2.05) is 18.2 Å². The quantitative estimate of drug-likeness (QED) is 0.225. The lowest BCUT2D eigenvalue weighted by Crippen LogP contribution is -2.58. The fourth-order valence-electron chi connectivity index (χ4n) is 3.42. The summed E-state index contributed by atoms with van der Waals surface area (Å²) in [7, 11) is 0. The second kappa shape index (κ2) is 14.0. The van der Waals surface area contributed by atoms with Gasteiger partial charge in [0, 0.05) is 12.8 Å². The predicted molar refractivity (Wildman–Crippen MR) is 134 cm³/mol. The summed E-state index contributed by atoms with van der Waals surface area (Å²) in [5.74, 6) is -3.48. The molecule has 4 atom stereocenters. The molecule has 0 heterocycles. The molecule has 0 aliphatic carbocycles. The second-order valence-corrected chi connectivity index (χ2v) is 8.85. The Morgan fingerprint density at radius 2 is 1.11 bits per heavy atom. The van der Waals surface area contributed by atoms with Gasteiger partial charge in [0.2, 0.25) is 17.7 Å². The van der Waals surface area contributed by atoms with E-state index in [0.29, 0.717) is 0 Å². The maximum atomic E-state index is 13.4. The minimum atomic E-state index is -1.53. The van der Waals surface area contributed by atoms with Crippen LogP contribution in [0.4, 0.5) is 0 Å². The van der Waals surface area contributed by atoms with Gasteiger partial charge in [-0.2, -0.15) is 0 Å². The lowest BCUT2D eigenvalue weighted by Gasteiger charge is -2.26. The van der Waals surface area contributed by atoms with Gasteiger partial charge < -0.3 is 31.9 Å².